The van der Waals surface area contributed by atoms with Gasteiger partial charge in [0.1, 0.15) is 0 Å². The van der Waals surface area contributed by atoms with Crippen molar-refractivity contribution in [2.45, 2.75) is 11.4 Å². The molecule has 22 heavy (non-hydrogen) atoms. The van der Waals surface area contributed by atoms with Crippen molar-refractivity contribution >= 4 is 20.8 Å². The van der Waals surface area contributed by atoms with Crippen LogP contribution in [0.25, 0.3) is 10.8 Å². The monoisotopic (exact) mass is 315 g/mol. The summed E-state index contributed by atoms with van der Waals surface area (Å²) in [6, 6.07) is 14.7. The Balaban J connectivity index is 1.83. The third-order valence-electron chi connectivity index (χ3n) is 3.63. The maximum absolute atomic E-state index is 12.6. The van der Waals surface area contributed by atoms with E-state index in [0.29, 0.717) is 18.0 Å². The molecule has 0 N–H and O–H groups in total. The molecule has 0 spiro atoms. The summed E-state index contributed by atoms with van der Waals surface area (Å²) in [5.41, 5.74) is 0. The number of sulfonamides is 1. The van der Waals surface area contributed by atoms with Crippen LogP contribution in [0.1, 0.15) is 0 Å². The van der Waals surface area contributed by atoms with Gasteiger partial charge >= 0.3 is 0 Å². The van der Waals surface area contributed by atoms with E-state index in [1.165, 1.54) is 4.31 Å². The van der Waals surface area contributed by atoms with Crippen LogP contribution in [0.3, 0.4) is 0 Å². The number of hydrogen-bond donors (Lipinski definition) is 0. The van der Waals surface area contributed by atoms with Gasteiger partial charge in [0.15, 0.2) is 0 Å². The fourth-order valence-corrected chi connectivity index (χ4v) is 3.50. The number of benzene rings is 2. The number of aromatic nitrogens is 2. The zero-order chi connectivity index (χ0) is 15.6. The smallest absolute Gasteiger partial charge is 0.242 e. The van der Waals surface area contributed by atoms with E-state index in [1.807, 2.05) is 42.6 Å². The zero-order valence-corrected chi connectivity index (χ0v) is 13.1. The van der Waals surface area contributed by atoms with E-state index in [9.17, 15) is 8.42 Å². The third-order valence-corrected chi connectivity index (χ3v) is 5.49. The normalized spacial score (nSPS) is 12.1. The molecule has 0 bridgehead atoms. The van der Waals surface area contributed by atoms with Crippen LogP contribution in [0.2, 0.25) is 0 Å². The van der Waals surface area contributed by atoms with Gasteiger partial charge in [-0.2, -0.15) is 9.40 Å². The molecule has 6 heteroatoms. The highest BCUT2D eigenvalue weighted by Crippen LogP contribution is 2.21. The zero-order valence-electron chi connectivity index (χ0n) is 12.3. The van der Waals surface area contributed by atoms with Gasteiger partial charge in [-0.25, -0.2) is 8.42 Å². The predicted octanol–water partition coefficient (Wildman–Crippen LogP) is 2.36. The predicted molar refractivity (Wildman–Crippen MR) is 86.0 cm³/mol. The summed E-state index contributed by atoms with van der Waals surface area (Å²) in [6.45, 7) is 0.896. The van der Waals surface area contributed by atoms with Crippen molar-refractivity contribution in [3.63, 3.8) is 0 Å². The molecular formula is C16H17N3O2S. The molecule has 5 nitrogen and oxygen atoms in total. The molecule has 0 aliphatic carbocycles. The minimum Gasteiger partial charge on any atom is -0.271 e. The lowest BCUT2D eigenvalue weighted by atomic mass is 10.1. The highest BCUT2D eigenvalue weighted by Gasteiger charge is 2.20. The molecule has 0 saturated carbocycles. The van der Waals surface area contributed by atoms with E-state index >= 15 is 0 Å². The average molecular weight is 315 g/mol. The molecule has 0 unspecified atom stereocenters. The van der Waals surface area contributed by atoms with Gasteiger partial charge in [-0.1, -0.05) is 30.3 Å². The summed E-state index contributed by atoms with van der Waals surface area (Å²) < 4.78 is 28.3. The summed E-state index contributed by atoms with van der Waals surface area (Å²) in [5.74, 6) is 0. The molecule has 0 fully saturated rings. The molecule has 0 amide bonds. The first-order valence-electron chi connectivity index (χ1n) is 7.00. The molecule has 2 aromatic carbocycles. The van der Waals surface area contributed by atoms with Crippen LogP contribution < -0.4 is 0 Å². The van der Waals surface area contributed by atoms with Gasteiger partial charge in [-0.15, -0.1) is 0 Å². The quantitative estimate of drug-likeness (QED) is 0.726. The number of nitrogens with zero attached hydrogens (tertiary/aromatic N) is 3. The number of likely N-dealkylation sites (N-methyl/N-ethyl adjacent to an activating group) is 1. The lowest BCUT2D eigenvalue weighted by Crippen LogP contribution is -2.30. The molecule has 0 saturated heterocycles. The topological polar surface area (TPSA) is 55.2 Å². The standard InChI is InChI=1S/C16H17N3O2S/c1-18(11-12-19-10-4-9-17-19)22(20,21)16-8-7-14-5-2-3-6-15(14)13-16/h2-10,13H,11-12H2,1H3. The van der Waals surface area contributed by atoms with Crippen molar-refractivity contribution in [2.75, 3.05) is 13.6 Å². The third kappa shape index (κ3) is 2.88. The van der Waals surface area contributed by atoms with E-state index in [0.717, 1.165) is 10.8 Å². The Morgan fingerprint density at radius 1 is 1.09 bits per heavy atom. The fraction of sp³-hybridized carbons (Fsp3) is 0.188. The van der Waals surface area contributed by atoms with Crippen LogP contribution in [-0.4, -0.2) is 36.1 Å². The van der Waals surface area contributed by atoms with Crippen LogP contribution in [0, 0.1) is 0 Å². The minimum atomic E-state index is -3.49. The highest BCUT2D eigenvalue weighted by atomic mass is 32.2. The molecular weight excluding hydrogens is 298 g/mol. The number of fused-ring (bicyclic) bond motifs is 1. The Hall–Kier alpha value is -2.18. The molecule has 3 rings (SSSR count). The Morgan fingerprint density at radius 3 is 2.59 bits per heavy atom. The van der Waals surface area contributed by atoms with Gasteiger partial charge in [-0.05, 0) is 29.0 Å². The van der Waals surface area contributed by atoms with Crippen molar-refractivity contribution in [1.29, 1.82) is 0 Å². The second-order valence-corrected chi connectivity index (χ2v) is 7.15. The second kappa shape index (κ2) is 5.90. The maximum Gasteiger partial charge on any atom is 0.242 e. The van der Waals surface area contributed by atoms with E-state index in [1.54, 1.807) is 30.1 Å². The Kier molecular flexibility index (Phi) is 3.96. The first kappa shape index (κ1) is 14.7. The summed E-state index contributed by atoms with van der Waals surface area (Å²) in [6.07, 6.45) is 3.49. The largest absolute Gasteiger partial charge is 0.271 e. The van der Waals surface area contributed by atoms with Crippen LogP contribution in [0.4, 0.5) is 0 Å². The maximum atomic E-state index is 12.6. The lowest BCUT2D eigenvalue weighted by Gasteiger charge is -2.17. The molecule has 0 atom stereocenters. The van der Waals surface area contributed by atoms with Gasteiger partial charge < -0.3 is 0 Å². The van der Waals surface area contributed by atoms with E-state index < -0.39 is 10.0 Å². The van der Waals surface area contributed by atoms with Crippen molar-refractivity contribution in [1.82, 2.24) is 14.1 Å². The van der Waals surface area contributed by atoms with E-state index in [-0.39, 0.29) is 0 Å². The molecule has 3 aromatic rings. The number of rotatable bonds is 5. The number of hydrogen-bond acceptors (Lipinski definition) is 3. The first-order chi connectivity index (χ1) is 10.6. The molecule has 0 aliphatic heterocycles. The van der Waals surface area contributed by atoms with Crippen LogP contribution in [0.15, 0.2) is 65.8 Å². The van der Waals surface area contributed by atoms with E-state index in [2.05, 4.69) is 5.10 Å². The molecule has 0 aliphatic rings. The molecule has 1 aromatic heterocycles. The molecule has 0 radical (unpaired) electrons. The van der Waals surface area contributed by atoms with Crippen molar-refractivity contribution in [3.8, 4) is 0 Å². The van der Waals surface area contributed by atoms with Crippen LogP contribution in [-0.2, 0) is 16.6 Å². The summed E-state index contributed by atoms with van der Waals surface area (Å²) in [5, 5.41) is 6.03. The van der Waals surface area contributed by atoms with Crippen molar-refractivity contribution in [2.24, 2.45) is 0 Å². The lowest BCUT2D eigenvalue weighted by molar-refractivity contribution is 0.433. The van der Waals surface area contributed by atoms with Gasteiger partial charge in [-0.3, -0.25) is 4.68 Å². The Morgan fingerprint density at radius 2 is 1.86 bits per heavy atom. The van der Waals surface area contributed by atoms with Gasteiger partial charge in [0.25, 0.3) is 0 Å². The fourth-order valence-electron chi connectivity index (χ4n) is 2.30. The molecule has 1 heterocycles. The van der Waals surface area contributed by atoms with Gasteiger partial charge in [0.2, 0.25) is 10.0 Å². The first-order valence-corrected chi connectivity index (χ1v) is 8.44. The summed E-state index contributed by atoms with van der Waals surface area (Å²) >= 11 is 0. The van der Waals surface area contributed by atoms with Crippen molar-refractivity contribution in [3.05, 3.63) is 60.9 Å². The summed E-state index contributed by atoms with van der Waals surface area (Å²) in [4.78, 5) is 0.314. The Bertz CT molecular complexity index is 873. The van der Waals surface area contributed by atoms with E-state index in [4.69, 9.17) is 0 Å². The minimum absolute atomic E-state index is 0.314. The van der Waals surface area contributed by atoms with Gasteiger partial charge in [0.05, 0.1) is 11.4 Å². The SMILES string of the molecule is CN(CCn1cccn1)S(=O)(=O)c1ccc2ccccc2c1. The Labute approximate surface area is 129 Å². The molecule has 114 valence electrons. The average Bonchev–Trinajstić information content (AvgIpc) is 3.05. The second-order valence-electron chi connectivity index (χ2n) is 5.10. The van der Waals surface area contributed by atoms with Gasteiger partial charge in [0, 0.05) is 26.0 Å². The van der Waals surface area contributed by atoms with Crippen molar-refractivity contribution < 1.29 is 8.42 Å². The van der Waals surface area contributed by atoms with Crippen LogP contribution >= 0.6 is 0 Å². The van der Waals surface area contributed by atoms with Crippen LogP contribution in [0.5, 0.6) is 0 Å². The summed E-state index contributed by atoms with van der Waals surface area (Å²) in [7, 11) is -1.90. The highest BCUT2D eigenvalue weighted by molar-refractivity contribution is 7.89.